The Bertz CT molecular complexity index is 443. The lowest BCUT2D eigenvalue weighted by molar-refractivity contribution is -0.130. The summed E-state index contributed by atoms with van der Waals surface area (Å²) in [5, 5.41) is 9.74. The highest BCUT2D eigenvalue weighted by Gasteiger charge is 2.18. The summed E-state index contributed by atoms with van der Waals surface area (Å²) in [7, 11) is 0. The zero-order valence-electron chi connectivity index (χ0n) is 12.4. The molecule has 1 amide bonds. The van der Waals surface area contributed by atoms with Gasteiger partial charge in [0, 0.05) is 39.6 Å². The van der Waals surface area contributed by atoms with Crippen LogP contribution < -0.4 is 0 Å². The van der Waals surface area contributed by atoms with Gasteiger partial charge in [0.2, 0.25) is 5.91 Å². The Hall–Kier alpha value is -1.26. The summed E-state index contributed by atoms with van der Waals surface area (Å²) in [6.07, 6.45) is 0. The predicted octanol–water partition coefficient (Wildman–Crippen LogP) is 2.74. The van der Waals surface area contributed by atoms with Crippen molar-refractivity contribution in [3.63, 3.8) is 0 Å². The number of rotatable bonds is 2. The van der Waals surface area contributed by atoms with Crippen molar-refractivity contribution in [1.82, 2.24) is 9.80 Å². The molecular weight excluding hydrogens is 276 g/mol. The normalized spacial score (nSPS) is 15.5. The van der Waals surface area contributed by atoms with E-state index < -0.39 is 0 Å². The molecular formula is C15H23ClN2O2. The van der Waals surface area contributed by atoms with Gasteiger partial charge in [0.25, 0.3) is 0 Å². The van der Waals surface area contributed by atoms with Crippen LogP contribution >= 0.6 is 11.6 Å². The number of amides is 1. The topological polar surface area (TPSA) is 43.8 Å². The fourth-order valence-corrected chi connectivity index (χ4v) is 2.33. The van der Waals surface area contributed by atoms with Crippen LogP contribution in [-0.2, 0) is 11.3 Å². The van der Waals surface area contributed by atoms with Crippen molar-refractivity contribution in [2.45, 2.75) is 27.3 Å². The van der Waals surface area contributed by atoms with E-state index in [0.29, 0.717) is 5.02 Å². The monoisotopic (exact) mass is 298 g/mol. The Balaban J connectivity index is 0.000000956. The molecule has 112 valence electrons. The highest BCUT2D eigenvalue weighted by molar-refractivity contribution is 6.32. The number of aromatic hydroxyl groups is 1. The van der Waals surface area contributed by atoms with Gasteiger partial charge in [0.05, 0.1) is 5.02 Å². The van der Waals surface area contributed by atoms with Crippen molar-refractivity contribution in [2.24, 2.45) is 0 Å². The molecule has 0 aromatic heterocycles. The fraction of sp³-hybridized carbons (Fsp3) is 0.533. The fourth-order valence-electron chi connectivity index (χ4n) is 2.13. The lowest BCUT2D eigenvalue weighted by Gasteiger charge is -2.34. The highest BCUT2D eigenvalue weighted by Crippen LogP contribution is 2.24. The summed E-state index contributed by atoms with van der Waals surface area (Å²) in [4.78, 5) is 15.3. The second-order valence-corrected chi connectivity index (χ2v) is 4.98. The van der Waals surface area contributed by atoms with Crippen LogP contribution in [0.1, 0.15) is 26.3 Å². The summed E-state index contributed by atoms with van der Waals surface area (Å²) in [6, 6.07) is 5.27. The molecule has 2 rings (SSSR count). The van der Waals surface area contributed by atoms with E-state index in [4.69, 9.17) is 11.6 Å². The number of hydrogen-bond donors (Lipinski definition) is 1. The standard InChI is InChI=1S/C13H17ClN2O2.C2H6/c1-10(17)16-6-4-15(5-7-16)9-11-2-3-13(18)12(14)8-11;1-2/h2-3,8,18H,4-7,9H2,1H3;1-2H3. The van der Waals surface area contributed by atoms with Crippen LogP contribution in [0.25, 0.3) is 0 Å². The third kappa shape index (κ3) is 4.69. The van der Waals surface area contributed by atoms with Crippen molar-refractivity contribution in [3.8, 4) is 5.75 Å². The minimum atomic E-state index is 0.113. The summed E-state index contributed by atoms with van der Waals surface area (Å²) in [5.41, 5.74) is 1.08. The summed E-state index contributed by atoms with van der Waals surface area (Å²) < 4.78 is 0. The summed E-state index contributed by atoms with van der Waals surface area (Å²) in [6.45, 7) is 9.71. The first-order valence-electron chi connectivity index (χ1n) is 7.01. The molecule has 20 heavy (non-hydrogen) atoms. The van der Waals surface area contributed by atoms with Gasteiger partial charge in [-0.3, -0.25) is 9.69 Å². The maximum atomic E-state index is 11.2. The molecule has 1 aromatic carbocycles. The number of nitrogens with zero attached hydrogens (tertiary/aromatic N) is 2. The van der Waals surface area contributed by atoms with Gasteiger partial charge in [0.15, 0.2) is 0 Å². The average molecular weight is 299 g/mol. The van der Waals surface area contributed by atoms with Crippen LogP contribution in [0.5, 0.6) is 5.75 Å². The highest BCUT2D eigenvalue weighted by atomic mass is 35.5. The molecule has 0 atom stereocenters. The van der Waals surface area contributed by atoms with Gasteiger partial charge in [-0.25, -0.2) is 0 Å². The second-order valence-electron chi connectivity index (χ2n) is 4.57. The van der Waals surface area contributed by atoms with Crippen molar-refractivity contribution < 1.29 is 9.90 Å². The lowest BCUT2D eigenvalue weighted by atomic mass is 10.2. The van der Waals surface area contributed by atoms with Crippen LogP contribution in [0.3, 0.4) is 0 Å². The van der Waals surface area contributed by atoms with Crippen molar-refractivity contribution >= 4 is 17.5 Å². The molecule has 1 aromatic rings. The zero-order valence-corrected chi connectivity index (χ0v) is 13.2. The molecule has 1 aliphatic heterocycles. The van der Waals surface area contributed by atoms with E-state index in [-0.39, 0.29) is 11.7 Å². The Kier molecular flexibility index (Phi) is 6.82. The molecule has 0 unspecified atom stereocenters. The van der Waals surface area contributed by atoms with Crippen molar-refractivity contribution in [1.29, 1.82) is 0 Å². The van der Waals surface area contributed by atoms with Gasteiger partial charge in [-0.1, -0.05) is 31.5 Å². The van der Waals surface area contributed by atoms with Crippen molar-refractivity contribution in [2.75, 3.05) is 26.2 Å². The first kappa shape index (κ1) is 16.8. The van der Waals surface area contributed by atoms with Crippen LogP contribution in [0.2, 0.25) is 5.02 Å². The number of halogens is 1. The summed E-state index contributed by atoms with van der Waals surface area (Å²) >= 11 is 5.87. The van der Waals surface area contributed by atoms with Crippen LogP contribution in [0, 0.1) is 0 Å². The molecule has 1 fully saturated rings. The Morgan fingerprint density at radius 1 is 1.25 bits per heavy atom. The van der Waals surface area contributed by atoms with Gasteiger partial charge in [-0.2, -0.15) is 0 Å². The Labute approximate surface area is 125 Å². The Morgan fingerprint density at radius 2 is 1.85 bits per heavy atom. The molecule has 1 saturated heterocycles. The molecule has 0 saturated carbocycles. The number of phenols is 1. The van der Waals surface area contributed by atoms with E-state index >= 15 is 0 Å². The number of benzene rings is 1. The van der Waals surface area contributed by atoms with Gasteiger partial charge >= 0.3 is 0 Å². The first-order valence-corrected chi connectivity index (χ1v) is 7.39. The molecule has 4 nitrogen and oxygen atoms in total. The number of hydrogen-bond acceptors (Lipinski definition) is 3. The van der Waals surface area contributed by atoms with E-state index in [1.165, 1.54) is 0 Å². The smallest absolute Gasteiger partial charge is 0.219 e. The molecule has 1 N–H and O–H groups in total. The molecule has 5 heteroatoms. The number of carbonyl (C=O) groups is 1. The zero-order chi connectivity index (χ0) is 15.1. The predicted molar refractivity (Wildman–Crippen MR) is 82.0 cm³/mol. The first-order chi connectivity index (χ1) is 9.56. The van der Waals surface area contributed by atoms with Crippen LogP contribution in [0.4, 0.5) is 0 Å². The molecule has 0 radical (unpaired) electrons. The van der Waals surface area contributed by atoms with E-state index in [1.54, 1.807) is 19.1 Å². The van der Waals surface area contributed by atoms with E-state index in [0.717, 1.165) is 38.3 Å². The maximum Gasteiger partial charge on any atom is 0.219 e. The van der Waals surface area contributed by atoms with Gasteiger partial charge in [-0.05, 0) is 17.7 Å². The molecule has 0 bridgehead atoms. The number of phenolic OH excluding ortho intramolecular Hbond substituents is 1. The number of carbonyl (C=O) groups excluding carboxylic acids is 1. The molecule has 0 aliphatic carbocycles. The lowest BCUT2D eigenvalue weighted by Crippen LogP contribution is -2.47. The molecule has 0 spiro atoms. The minimum absolute atomic E-state index is 0.113. The SMILES string of the molecule is CC.CC(=O)N1CCN(Cc2ccc(O)c(Cl)c2)CC1. The van der Waals surface area contributed by atoms with E-state index in [2.05, 4.69) is 4.90 Å². The number of piperazine rings is 1. The van der Waals surface area contributed by atoms with Crippen LogP contribution in [-0.4, -0.2) is 47.0 Å². The quantitative estimate of drug-likeness (QED) is 0.913. The summed E-state index contributed by atoms with van der Waals surface area (Å²) in [5.74, 6) is 0.254. The van der Waals surface area contributed by atoms with Gasteiger partial charge in [0.1, 0.15) is 5.75 Å². The third-order valence-electron chi connectivity index (χ3n) is 3.24. The van der Waals surface area contributed by atoms with Gasteiger partial charge in [-0.15, -0.1) is 0 Å². The largest absolute Gasteiger partial charge is 0.506 e. The maximum absolute atomic E-state index is 11.2. The molecule has 1 heterocycles. The van der Waals surface area contributed by atoms with Crippen LogP contribution in [0.15, 0.2) is 18.2 Å². The second kappa shape index (κ2) is 8.12. The van der Waals surface area contributed by atoms with E-state index in [9.17, 15) is 9.90 Å². The molecule has 1 aliphatic rings. The minimum Gasteiger partial charge on any atom is -0.506 e. The third-order valence-corrected chi connectivity index (χ3v) is 3.54. The van der Waals surface area contributed by atoms with Crippen molar-refractivity contribution in [3.05, 3.63) is 28.8 Å². The Morgan fingerprint density at radius 3 is 2.35 bits per heavy atom. The van der Waals surface area contributed by atoms with E-state index in [1.807, 2.05) is 24.8 Å². The van der Waals surface area contributed by atoms with Gasteiger partial charge < -0.3 is 10.0 Å². The average Bonchev–Trinajstić information content (AvgIpc) is 2.46.